The Labute approximate surface area is 122 Å². The van der Waals surface area contributed by atoms with Crippen LogP contribution in [0.3, 0.4) is 0 Å². The van der Waals surface area contributed by atoms with Crippen LogP contribution >= 0.6 is 11.8 Å². The predicted molar refractivity (Wildman–Crippen MR) is 84.9 cm³/mol. The van der Waals surface area contributed by atoms with E-state index in [4.69, 9.17) is 0 Å². The van der Waals surface area contributed by atoms with Gasteiger partial charge < -0.3 is 0 Å². The molecule has 106 valence electrons. The molecule has 19 heavy (non-hydrogen) atoms. The van der Waals surface area contributed by atoms with E-state index in [-0.39, 0.29) is 0 Å². The third-order valence-electron chi connectivity index (χ3n) is 3.20. The summed E-state index contributed by atoms with van der Waals surface area (Å²) >= 11 is 1.67. The van der Waals surface area contributed by atoms with Crippen LogP contribution in [0.4, 0.5) is 0 Å². The molecule has 0 bridgehead atoms. The van der Waals surface area contributed by atoms with Crippen molar-refractivity contribution in [3.63, 3.8) is 0 Å². The number of ketones is 1. The fraction of sp³-hybridized carbons (Fsp3) is 0.588. The first kappa shape index (κ1) is 16.3. The van der Waals surface area contributed by atoms with Crippen LogP contribution in [0, 0.1) is 6.92 Å². The van der Waals surface area contributed by atoms with Crippen LogP contribution < -0.4 is 0 Å². The number of unbranched alkanes of at least 4 members (excludes halogenated alkanes) is 5. The highest BCUT2D eigenvalue weighted by Crippen LogP contribution is 2.19. The van der Waals surface area contributed by atoms with Gasteiger partial charge in [0.1, 0.15) is 5.78 Å². The van der Waals surface area contributed by atoms with Gasteiger partial charge in [0.25, 0.3) is 0 Å². The SMILES string of the molecule is CCCCCCCCC(=O)CSc1cccc(C)c1. The molecule has 0 unspecified atom stereocenters. The van der Waals surface area contributed by atoms with E-state index in [1.54, 1.807) is 11.8 Å². The number of hydrogen-bond acceptors (Lipinski definition) is 2. The average molecular weight is 278 g/mol. The summed E-state index contributed by atoms with van der Waals surface area (Å²) in [6.45, 7) is 4.31. The maximum atomic E-state index is 11.8. The van der Waals surface area contributed by atoms with Crippen LogP contribution in [0.25, 0.3) is 0 Å². The number of rotatable bonds is 10. The van der Waals surface area contributed by atoms with Crippen molar-refractivity contribution in [2.45, 2.75) is 63.7 Å². The molecular formula is C17H26OS. The predicted octanol–water partition coefficient (Wildman–Crippen LogP) is 5.41. The van der Waals surface area contributed by atoms with Gasteiger partial charge in [0.15, 0.2) is 0 Å². The Hall–Kier alpha value is -0.760. The van der Waals surface area contributed by atoms with Crippen molar-refractivity contribution in [3.05, 3.63) is 29.8 Å². The fourth-order valence-electron chi connectivity index (χ4n) is 2.04. The lowest BCUT2D eigenvalue weighted by atomic mass is 10.1. The summed E-state index contributed by atoms with van der Waals surface area (Å²) in [5.41, 5.74) is 1.26. The zero-order valence-corrected chi connectivity index (χ0v) is 13.1. The molecule has 1 aromatic rings. The second kappa shape index (κ2) is 10.1. The summed E-state index contributed by atoms with van der Waals surface area (Å²) in [6, 6.07) is 8.36. The molecule has 0 heterocycles. The number of aryl methyl sites for hydroxylation is 1. The van der Waals surface area contributed by atoms with Crippen molar-refractivity contribution in [1.82, 2.24) is 0 Å². The summed E-state index contributed by atoms with van der Waals surface area (Å²) in [5, 5.41) is 0. The maximum Gasteiger partial charge on any atom is 0.143 e. The smallest absolute Gasteiger partial charge is 0.143 e. The Kier molecular flexibility index (Phi) is 8.64. The Morgan fingerprint density at radius 1 is 1.11 bits per heavy atom. The third kappa shape index (κ3) is 8.10. The van der Waals surface area contributed by atoms with Crippen LogP contribution in [-0.2, 0) is 4.79 Å². The van der Waals surface area contributed by atoms with Crippen molar-refractivity contribution in [2.24, 2.45) is 0 Å². The minimum Gasteiger partial charge on any atom is -0.299 e. The van der Waals surface area contributed by atoms with Crippen LogP contribution in [-0.4, -0.2) is 11.5 Å². The largest absolute Gasteiger partial charge is 0.299 e. The lowest BCUT2D eigenvalue weighted by Gasteiger charge is -2.03. The van der Waals surface area contributed by atoms with Crippen LogP contribution in [0.2, 0.25) is 0 Å². The summed E-state index contributed by atoms with van der Waals surface area (Å²) < 4.78 is 0. The topological polar surface area (TPSA) is 17.1 Å². The Morgan fingerprint density at radius 3 is 2.58 bits per heavy atom. The number of carbonyl (C=O) groups excluding carboxylic acids is 1. The van der Waals surface area contributed by atoms with Gasteiger partial charge in [0.05, 0.1) is 5.75 Å². The molecule has 0 aliphatic carbocycles. The molecule has 0 fully saturated rings. The molecular weight excluding hydrogens is 252 g/mol. The van der Waals surface area contributed by atoms with Gasteiger partial charge in [-0.25, -0.2) is 0 Å². The van der Waals surface area contributed by atoms with Crippen molar-refractivity contribution < 1.29 is 4.79 Å². The first-order valence-electron chi connectivity index (χ1n) is 7.43. The normalized spacial score (nSPS) is 10.6. The third-order valence-corrected chi connectivity index (χ3v) is 4.25. The van der Waals surface area contributed by atoms with E-state index in [0.29, 0.717) is 11.5 Å². The molecule has 1 nitrogen and oxygen atoms in total. The maximum absolute atomic E-state index is 11.8. The molecule has 0 saturated carbocycles. The van der Waals surface area contributed by atoms with E-state index in [9.17, 15) is 4.79 Å². The number of benzene rings is 1. The number of carbonyl (C=O) groups is 1. The molecule has 0 spiro atoms. The number of Topliss-reactive ketones (excluding diaryl/α,β-unsaturated/α-hetero) is 1. The molecule has 0 saturated heterocycles. The Morgan fingerprint density at radius 2 is 1.84 bits per heavy atom. The van der Waals surface area contributed by atoms with E-state index in [1.807, 2.05) is 0 Å². The second-order valence-corrected chi connectivity index (χ2v) is 6.21. The number of hydrogen-bond donors (Lipinski definition) is 0. The van der Waals surface area contributed by atoms with Crippen LogP contribution in [0.1, 0.15) is 57.4 Å². The van der Waals surface area contributed by atoms with Crippen molar-refractivity contribution in [3.8, 4) is 0 Å². The minimum absolute atomic E-state index is 0.391. The Bertz CT molecular complexity index is 373. The molecule has 0 aliphatic rings. The second-order valence-electron chi connectivity index (χ2n) is 5.16. The van der Waals surface area contributed by atoms with E-state index >= 15 is 0 Å². The van der Waals surface area contributed by atoms with Crippen molar-refractivity contribution >= 4 is 17.5 Å². The summed E-state index contributed by atoms with van der Waals surface area (Å²) in [6.07, 6.45) is 8.25. The zero-order valence-electron chi connectivity index (χ0n) is 12.3. The minimum atomic E-state index is 0.391. The molecule has 0 aromatic heterocycles. The summed E-state index contributed by atoms with van der Waals surface area (Å²) in [4.78, 5) is 13.0. The van der Waals surface area contributed by atoms with Crippen LogP contribution in [0.15, 0.2) is 29.2 Å². The first-order chi connectivity index (χ1) is 9.22. The fourth-order valence-corrected chi connectivity index (χ4v) is 2.96. The van der Waals surface area contributed by atoms with Crippen LogP contribution in [0.5, 0.6) is 0 Å². The van der Waals surface area contributed by atoms with Crippen molar-refractivity contribution in [2.75, 3.05) is 5.75 Å². The molecule has 0 amide bonds. The van der Waals surface area contributed by atoms with E-state index in [1.165, 1.54) is 42.6 Å². The van der Waals surface area contributed by atoms with Gasteiger partial charge in [-0.2, -0.15) is 0 Å². The molecule has 1 rings (SSSR count). The van der Waals surface area contributed by atoms with Gasteiger partial charge in [0.2, 0.25) is 0 Å². The standard InChI is InChI=1S/C17H26OS/c1-3-4-5-6-7-8-11-16(18)14-19-17-12-9-10-15(2)13-17/h9-10,12-13H,3-8,11,14H2,1-2H3. The highest BCUT2D eigenvalue weighted by Gasteiger charge is 2.03. The summed E-state index contributed by atoms with van der Waals surface area (Å²) in [5.74, 6) is 1.01. The lowest BCUT2D eigenvalue weighted by Crippen LogP contribution is -2.01. The molecule has 0 radical (unpaired) electrons. The van der Waals surface area contributed by atoms with Gasteiger partial charge in [-0.1, -0.05) is 56.7 Å². The van der Waals surface area contributed by atoms with Gasteiger partial charge >= 0.3 is 0 Å². The van der Waals surface area contributed by atoms with Crippen molar-refractivity contribution in [1.29, 1.82) is 0 Å². The highest BCUT2D eigenvalue weighted by molar-refractivity contribution is 8.00. The number of thioether (sulfide) groups is 1. The van der Waals surface area contributed by atoms with E-state index < -0.39 is 0 Å². The molecule has 1 aromatic carbocycles. The van der Waals surface area contributed by atoms with Gasteiger partial charge in [-0.15, -0.1) is 11.8 Å². The molecule has 0 atom stereocenters. The average Bonchev–Trinajstić information content (AvgIpc) is 2.40. The summed E-state index contributed by atoms with van der Waals surface area (Å²) in [7, 11) is 0. The molecule has 0 N–H and O–H groups in total. The first-order valence-corrected chi connectivity index (χ1v) is 8.42. The van der Waals surface area contributed by atoms with E-state index in [0.717, 1.165) is 12.8 Å². The zero-order chi connectivity index (χ0) is 13.9. The van der Waals surface area contributed by atoms with Gasteiger partial charge in [-0.3, -0.25) is 4.79 Å². The lowest BCUT2D eigenvalue weighted by molar-refractivity contribution is -0.116. The molecule has 0 aliphatic heterocycles. The van der Waals surface area contributed by atoms with Gasteiger partial charge in [0, 0.05) is 11.3 Å². The quantitative estimate of drug-likeness (QED) is 0.420. The Balaban J connectivity index is 2.08. The van der Waals surface area contributed by atoms with Gasteiger partial charge in [-0.05, 0) is 25.5 Å². The monoisotopic (exact) mass is 278 g/mol. The highest BCUT2D eigenvalue weighted by atomic mass is 32.2. The van der Waals surface area contributed by atoms with E-state index in [2.05, 4.69) is 38.1 Å². The molecule has 2 heteroatoms.